The Morgan fingerprint density at radius 1 is 1.27 bits per heavy atom. The van der Waals surface area contributed by atoms with E-state index < -0.39 is 5.91 Å². The fourth-order valence-electron chi connectivity index (χ4n) is 2.12. The minimum absolute atomic E-state index is 0.165. The lowest BCUT2D eigenvalue weighted by atomic mass is 10.1. The third-order valence-corrected chi connectivity index (χ3v) is 4.36. The van der Waals surface area contributed by atoms with Gasteiger partial charge < -0.3 is 11.5 Å². The smallest absolute Gasteiger partial charge is 0.260 e. The van der Waals surface area contributed by atoms with E-state index in [2.05, 4.69) is 15.1 Å². The summed E-state index contributed by atoms with van der Waals surface area (Å²) in [5.74, 6) is -0.632. The highest BCUT2D eigenvalue weighted by molar-refractivity contribution is 7.21. The minimum Gasteiger partial charge on any atom is -0.397 e. The van der Waals surface area contributed by atoms with Gasteiger partial charge in [0.15, 0.2) is 0 Å². The normalized spacial score (nSPS) is 10.8. The zero-order valence-electron chi connectivity index (χ0n) is 10.9. The van der Waals surface area contributed by atoms with Crippen LogP contribution in [0.5, 0.6) is 0 Å². The Morgan fingerprint density at radius 2 is 2.05 bits per heavy atom. The molecule has 0 saturated heterocycles. The third-order valence-electron chi connectivity index (χ3n) is 3.01. The standard InChI is InChI=1S/C13H8ClN5O2S/c14-6-1-5(2-7(3-6)19-21)10-8-9(15)11(12(16)20)22-13(8)18-4-17-10/h1-4H,15H2,(H2,16,20). The van der Waals surface area contributed by atoms with Gasteiger partial charge in [-0.15, -0.1) is 16.2 Å². The molecule has 0 aliphatic carbocycles. The first-order chi connectivity index (χ1) is 10.5. The zero-order chi connectivity index (χ0) is 15.9. The van der Waals surface area contributed by atoms with Crippen molar-refractivity contribution in [2.75, 3.05) is 5.73 Å². The molecule has 2 aromatic heterocycles. The summed E-state index contributed by atoms with van der Waals surface area (Å²) in [6.45, 7) is 0. The Bertz CT molecular complexity index is 924. The largest absolute Gasteiger partial charge is 0.397 e. The van der Waals surface area contributed by atoms with Gasteiger partial charge in [0, 0.05) is 10.6 Å². The maximum Gasteiger partial charge on any atom is 0.260 e. The van der Waals surface area contributed by atoms with Crippen molar-refractivity contribution in [3.8, 4) is 11.3 Å². The molecule has 0 aliphatic heterocycles. The van der Waals surface area contributed by atoms with Crippen LogP contribution in [0.4, 0.5) is 11.4 Å². The number of nitroso groups, excluding NO2 is 1. The lowest BCUT2D eigenvalue weighted by Crippen LogP contribution is -2.10. The van der Waals surface area contributed by atoms with Crippen molar-refractivity contribution in [3.63, 3.8) is 0 Å². The number of fused-ring (bicyclic) bond motifs is 1. The predicted molar refractivity (Wildman–Crippen MR) is 86.2 cm³/mol. The highest BCUT2D eigenvalue weighted by Crippen LogP contribution is 2.39. The molecule has 0 aliphatic rings. The topological polar surface area (TPSA) is 124 Å². The first kappa shape index (κ1) is 14.4. The number of rotatable bonds is 3. The summed E-state index contributed by atoms with van der Waals surface area (Å²) >= 11 is 7.07. The Hall–Kier alpha value is -2.58. The molecule has 3 aromatic rings. The molecule has 0 unspecified atom stereocenters. The lowest BCUT2D eigenvalue weighted by Gasteiger charge is -2.05. The molecule has 4 N–H and O–H groups in total. The van der Waals surface area contributed by atoms with Crippen LogP contribution in [0.3, 0.4) is 0 Å². The van der Waals surface area contributed by atoms with Gasteiger partial charge >= 0.3 is 0 Å². The fourth-order valence-corrected chi connectivity index (χ4v) is 3.26. The number of amides is 1. The van der Waals surface area contributed by atoms with Gasteiger partial charge in [0.05, 0.1) is 16.8 Å². The number of anilines is 1. The van der Waals surface area contributed by atoms with Crippen molar-refractivity contribution >= 4 is 50.4 Å². The number of hydrogen-bond acceptors (Lipinski definition) is 7. The molecule has 0 saturated carbocycles. The summed E-state index contributed by atoms with van der Waals surface area (Å²) in [5.41, 5.74) is 12.7. The molecule has 0 spiro atoms. The molecule has 9 heteroatoms. The summed E-state index contributed by atoms with van der Waals surface area (Å²) in [7, 11) is 0. The van der Waals surface area contributed by atoms with Crippen LogP contribution in [-0.2, 0) is 0 Å². The Labute approximate surface area is 132 Å². The van der Waals surface area contributed by atoms with Gasteiger partial charge in [-0.2, -0.15) is 0 Å². The molecule has 3 rings (SSSR count). The molecule has 1 amide bonds. The van der Waals surface area contributed by atoms with Crippen molar-refractivity contribution in [1.82, 2.24) is 9.97 Å². The molecule has 2 heterocycles. The maximum absolute atomic E-state index is 11.4. The molecular formula is C13H8ClN5O2S. The molecule has 0 radical (unpaired) electrons. The number of primary amides is 1. The Kier molecular flexibility index (Phi) is 3.47. The number of aromatic nitrogens is 2. The minimum atomic E-state index is -0.632. The van der Waals surface area contributed by atoms with E-state index in [1.165, 1.54) is 18.5 Å². The number of nitrogens with zero attached hydrogens (tertiary/aromatic N) is 3. The Balaban J connectivity index is 2.34. The molecule has 7 nitrogen and oxygen atoms in total. The number of carbonyl (C=O) groups excluding carboxylic acids is 1. The first-order valence-corrected chi connectivity index (χ1v) is 7.18. The van der Waals surface area contributed by atoms with Gasteiger partial charge in [-0.25, -0.2) is 9.97 Å². The second-order valence-corrected chi connectivity index (χ2v) is 5.84. The molecule has 1 aromatic carbocycles. The number of nitrogen functional groups attached to an aromatic ring is 1. The summed E-state index contributed by atoms with van der Waals surface area (Å²) in [4.78, 5) is 31.2. The van der Waals surface area contributed by atoms with Crippen molar-refractivity contribution < 1.29 is 4.79 Å². The maximum atomic E-state index is 11.4. The van der Waals surface area contributed by atoms with Crippen LogP contribution in [-0.4, -0.2) is 15.9 Å². The van der Waals surface area contributed by atoms with Crippen molar-refractivity contribution in [2.45, 2.75) is 0 Å². The van der Waals surface area contributed by atoms with Crippen molar-refractivity contribution in [2.24, 2.45) is 10.9 Å². The van der Waals surface area contributed by atoms with E-state index in [4.69, 9.17) is 23.1 Å². The summed E-state index contributed by atoms with van der Waals surface area (Å²) < 4.78 is 0. The highest BCUT2D eigenvalue weighted by atomic mass is 35.5. The summed E-state index contributed by atoms with van der Waals surface area (Å²) in [6, 6.07) is 4.59. The monoisotopic (exact) mass is 333 g/mol. The van der Waals surface area contributed by atoms with E-state index in [0.29, 0.717) is 26.5 Å². The zero-order valence-corrected chi connectivity index (χ0v) is 12.5. The Morgan fingerprint density at radius 3 is 2.73 bits per heavy atom. The summed E-state index contributed by atoms with van der Waals surface area (Å²) in [6.07, 6.45) is 1.34. The molecule has 0 fully saturated rings. The van der Waals surface area contributed by atoms with Crippen LogP contribution in [0.1, 0.15) is 9.67 Å². The van der Waals surface area contributed by atoms with Gasteiger partial charge in [0.1, 0.15) is 21.7 Å². The van der Waals surface area contributed by atoms with Crippen molar-refractivity contribution in [1.29, 1.82) is 0 Å². The van der Waals surface area contributed by atoms with E-state index in [1.807, 2.05) is 0 Å². The van der Waals surface area contributed by atoms with E-state index in [1.54, 1.807) is 6.07 Å². The number of thiophene rings is 1. The average Bonchev–Trinajstić information content (AvgIpc) is 2.84. The quantitative estimate of drug-likeness (QED) is 0.712. The fraction of sp³-hybridized carbons (Fsp3) is 0. The van der Waals surface area contributed by atoms with Crippen LogP contribution >= 0.6 is 22.9 Å². The van der Waals surface area contributed by atoms with E-state index in [-0.39, 0.29) is 16.3 Å². The van der Waals surface area contributed by atoms with Gasteiger partial charge in [-0.1, -0.05) is 11.6 Å². The lowest BCUT2D eigenvalue weighted by molar-refractivity contribution is 0.100. The van der Waals surface area contributed by atoms with Gasteiger partial charge in [0.25, 0.3) is 5.91 Å². The SMILES string of the molecule is NC(=O)c1sc2ncnc(-c3cc(Cl)cc(N=O)c3)c2c1N. The van der Waals surface area contributed by atoms with Crippen LogP contribution in [0.2, 0.25) is 5.02 Å². The van der Waals surface area contributed by atoms with Crippen LogP contribution in [0.15, 0.2) is 29.7 Å². The second-order valence-electron chi connectivity index (χ2n) is 4.40. The van der Waals surface area contributed by atoms with E-state index in [0.717, 1.165) is 11.3 Å². The molecule has 22 heavy (non-hydrogen) atoms. The number of hydrogen-bond donors (Lipinski definition) is 2. The number of nitrogens with two attached hydrogens (primary N) is 2. The van der Waals surface area contributed by atoms with Crippen molar-refractivity contribution in [3.05, 3.63) is 39.3 Å². The van der Waals surface area contributed by atoms with Gasteiger partial charge in [-0.05, 0) is 23.4 Å². The van der Waals surface area contributed by atoms with Crippen LogP contribution in [0, 0.1) is 4.91 Å². The first-order valence-electron chi connectivity index (χ1n) is 5.98. The van der Waals surface area contributed by atoms with E-state index >= 15 is 0 Å². The number of carbonyl (C=O) groups is 1. The molecular weight excluding hydrogens is 326 g/mol. The van der Waals surface area contributed by atoms with Gasteiger partial charge in [-0.3, -0.25) is 4.79 Å². The molecule has 0 bridgehead atoms. The average molecular weight is 334 g/mol. The molecule has 0 atom stereocenters. The van der Waals surface area contributed by atoms with Crippen LogP contribution in [0.25, 0.3) is 21.5 Å². The van der Waals surface area contributed by atoms with Crippen LogP contribution < -0.4 is 11.5 Å². The predicted octanol–water partition coefficient (Wildman–Crippen LogP) is 3.09. The number of halogens is 1. The third kappa shape index (κ3) is 2.28. The van der Waals surface area contributed by atoms with Gasteiger partial charge in [0.2, 0.25) is 0 Å². The summed E-state index contributed by atoms with van der Waals surface area (Å²) in [5, 5.41) is 3.71. The second kappa shape index (κ2) is 5.32. The number of benzene rings is 1. The highest BCUT2D eigenvalue weighted by Gasteiger charge is 2.19. The van der Waals surface area contributed by atoms with E-state index in [9.17, 15) is 9.70 Å². The molecule has 110 valence electrons.